The summed E-state index contributed by atoms with van der Waals surface area (Å²) in [6.45, 7) is 2.42. The molecule has 0 fully saturated rings. The number of nitrogens with zero attached hydrogens (tertiary/aromatic N) is 3. The van der Waals surface area contributed by atoms with Gasteiger partial charge < -0.3 is 4.98 Å². The van der Waals surface area contributed by atoms with Gasteiger partial charge in [-0.25, -0.2) is 9.97 Å². The summed E-state index contributed by atoms with van der Waals surface area (Å²) in [7, 11) is 0. The molecule has 1 aliphatic heterocycles. The van der Waals surface area contributed by atoms with Crippen LogP contribution in [0.25, 0.3) is 22.3 Å². The second-order valence-corrected chi connectivity index (χ2v) is 7.60. The summed E-state index contributed by atoms with van der Waals surface area (Å²) in [5, 5.41) is 1.19. The molecule has 0 radical (unpaired) electrons. The molecule has 2 aromatic heterocycles. The molecule has 1 aliphatic rings. The number of nitrogens with one attached hydrogen (secondary N) is 1. The van der Waals surface area contributed by atoms with E-state index in [4.69, 9.17) is 0 Å². The number of hydrogen-bond acceptors (Lipinski definition) is 3. The largest absolute Gasteiger partial charge is 0.416 e. The molecule has 0 aliphatic carbocycles. The average Bonchev–Trinajstić information content (AvgIpc) is 3.21. The van der Waals surface area contributed by atoms with Gasteiger partial charge in [-0.15, -0.1) is 0 Å². The van der Waals surface area contributed by atoms with E-state index < -0.39 is 11.7 Å². The average molecular weight is 408 g/mol. The summed E-state index contributed by atoms with van der Waals surface area (Å²) in [6.07, 6.45) is 0.245. The normalized spacial score (nSPS) is 14.8. The first kappa shape index (κ1) is 18.8. The predicted octanol–water partition coefficient (Wildman–Crippen LogP) is 5.20. The van der Waals surface area contributed by atoms with Gasteiger partial charge in [0.25, 0.3) is 0 Å². The van der Waals surface area contributed by atoms with Crippen LogP contribution in [0.4, 0.5) is 13.2 Å². The molecule has 0 bridgehead atoms. The topological polar surface area (TPSA) is 44.8 Å². The zero-order valence-corrected chi connectivity index (χ0v) is 16.1. The van der Waals surface area contributed by atoms with Crippen LogP contribution in [-0.2, 0) is 25.7 Å². The minimum Gasteiger partial charge on any atom is -0.361 e. The number of aromatic nitrogens is 3. The van der Waals surface area contributed by atoms with Crippen molar-refractivity contribution in [2.45, 2.75) is 25.7 Å². The maximum absolute atomic E-state index is 12.8. The van der Waals surface area contributed by atoms with Gasteiger partial charge >= 0.3 is 6.18 Å². The molecule has 0 atom stereocenters. The third-order valence-corrected chi connectivity index (χ3v) is 5.52. The van der Waals surface area contributed by atoms with E-state index in [1.54, 1.807) is 6.20 Å². The van der Waals surface area contributed by atoms with Crippen LogP contribution in [0.5, 0.6) is 0 Å². The molecule has 30 heavy (non-hydrogen) atoms. The van der Waals surface area contributed by atoms with Crippen LogP contribution in [0.15, 0.2) is 60.9 Å². The SMILES string of the molecule is FC(F)(F)c1ccc(-c2ncc3c(n2)CN(Cc2ccc4cc[nH]c4c2)CC3)cc1. The van der Waals surface area contributed by atoms with Crippen LogP contribution in [0.1, 0.15) is 22.4 Å². The highest BCUT2D eigenvalue weighted by molar-refractivity contribution is 5.79. The Bertz CT molecular complexity index is 1200. The zero-order valence-electron chi connectivity index (χ0n) is 16.1. The van der Waals surface area contributed by atoms with Crippen molar-refractivity contribution in [2.75, 3.05) is 6.54 Å². The minimum atomic E-state index is -4.35. The van der Waals surface area contributed by atoms with Gasteiger partial charge in [-0.05, 0) is 47.2 Å². The Labute approximate surface area is 171 Å². The van der Waals surface area contributed by atoms with Crippen LogP contribution in [-0.4, -0.2) is 26.4 Å². The van der Waals surface area contributed by atoms with Gasteiger partial charge in [0, 0.05) is 43.1 Å². The second kappa shape index (κ2) is 7.25. The maximum Gasteiger partial charge on any atom is 0.416 e. The van der Waals surface area contributed by atoms with Gasteiger partial charge in [0.2, 0.25) is 0 Å². The minimum absolute atomic E-state index is 0.456. The van der Waals surface area contributed by atoms with Crippen LogP contribution in [0.2, 0.25) is 0 Å². The standard InChI is InChI=1S/C23H19F3N4/c24-23(25,26)19-5-3-17(4-6-19)22-28-12-18-8-10-30(14-21(18)29-22)13-15-1-2-16-7-9-27-20(16)11-15/h1-7,9,11-12,27H,8,10,13-14H2. The maximum atomic E-state index is 12.8. The first-order chi connectivity index (χ1) is 14.5. The molecule has 2 aromatic carbocycles. The smallest absolute Gasteiger partial charge is 0.361 e. The van der Waals surface area contributed by atoms with Crippen LogP contribution < -0.4 is 0 Å². The quantitative estimate of drug-likeness (QED) is 0.507. The van der Waals surface area contributed by atoms with E-state index in [1.807, 2.05) is 6.20 Å². The van der Waals surface area contributed by atoms with Crippen molar-refractivity contribution >= 4 is 10.9 Å². The van der Waals surface area contributed by atoms with Gasteiger partial charge in [0.05, 0.1) is 11.3 Å². The molecule has 0 amide bonds. The zero-order chi connectivity index (χ0) is 20.7. The number of aromatic amines is 1. The third-order valence-electron chi connectivity index (χ3n) is 5.52. The molecule has 152 valence electrons. The molecule has 3 heterocycles. The number of H-pyrrole nitrogens is 1. The Morgan fingerprint density at radius 1 is 1.03 bits per heavy atom. The van der Waals surface area contributed by atoms with E-state index in [0.717, 1.165) is 48.4 Å². The lowest BCUT2D eigenvalue weighted by molar-refractivity contribution is -0.137. The van der Waals surface area contributed by atoms with Gasteiger partial charge in [0.15, 0.2) is 5.82 Å². The fourth-order valence-corrected chi connectivity index (χ4v) is 3.89. The first-order valence-electron chi connectivity index (χ1n) is 9.76. The highest BCUT2D eigenvalue weighted by Crippen LogP contribution is 2.30. The summed E-state index contributed by atoms with van der Waals surface area (Å²) >= 11 is 0. The van der Waals surface area contributed by atoms with Crippen LogP contribution >= 0.6 is 0 Å². The molecule has 1 N–H and O–H groups in total. The third kappa shape index (κ3) is 3.68. The highest BCUT2D eigenvalue weighted by Gasteiger charge is 2.30. The van der Waals surface area contributed by atoms with Gasteiger partial charge in [-0.1, -0.05) is 24.3 Å². The van der Waals surface area contributed by atoms with Crippen molar-refractivity contribution in [3.63, 3.8) is 0 Å². The van der Waals surface area contributed by atoms with Crippen molar-refractivity contribution < 1.29 is 13.2 Å². The fourth-order valence-electron chi connectivity index (χ4n) is 3.89. The molecular formula is C23H19F3N4. The molecule has 0 saturated carbocycles. The molecule has 0 spiro atoms. The van der Waals surface area contributed by atoms with Crippen molar-refractivity contribution in [2.24, 2.45) is 0 Å². The van der Waals surface area contributed by atoms with Crippen molar-refractivity contribution in [3.05, 3.63) is 83.3 Å². The number of hydrogen-bond donors (Lipinski definition) is 1. The summed E-state index contributed by atoms with van der Waals surface area (Å²) in [6, 6.07) is 13.5. The molecule has 5 rings (SSSR count). The monoisotopic (exact) mass is 408 g/mol. The molecule has 4 aromatic rings. The lowest BCUT2D eigenvalue weighted by Crippen LogP contribution is -2.31. The summed E-state index contributed by atoms with van der Waals surface area (Å²) < 4.78 is 38.4. The fraction of sp³-hybridized carbons (Fsp3) is 0.217. The molecule has 0 saturated heterocycles. The lowest BCUT2D eigenvalue weighted by atomic mass is 10.0. The van der Waals surface area contributed by atoms with E-state index >= 15 is 0 Å². The first-order valence-corrected chi connectivity index (χ1v) is 9.76. The molecular weight excluding hydrogens is 389 g/mol. The van der Waals surface area contributed by atoms with Crippen LogP contribution in [0.3, 0.4) is 0 Å². The number of alkyl halides is 3. The predicted molar refractivity (Wildman–Crippen MR) is 109 cm³/mol. The molecule has 0 unspecified atom stereocenters. The van der Waals surface area contributed by atoms with Gasteiger partial charge in [0.1, 0.15) is 0 Å². The van der Waals surface area contributed by atoms with Crippen LogP contribution in [0, 0.1) is 0 Å². The Balaban J connectivity index is 1.35. The second-order valence-electron chi connectivity index (χ2n) is 7.60. The number of fused-ring (bicyclic) bond motifs is 2. The summed E-state index contributed by atoms with van der Waals surface area (Å²) in [5.74, 6) is 0.456. The number of rotatable bonds is 3. The van der Waals surface area contributed by atoms with Gasteiger partial charge in [-0.2, -0.15) is 13.2 Å². The summed E-state index contributed by atoms with van der Waals surface area (Å²) in [5.41, 5.74) is 4.30. The Kier molecular flexibility index (Phi) is 4.55. The van der Waals surface area contributed by atoms with Crippen molar-refractivity contribution in [3.8, 4) is 11.4 Å². The Hall–Kier alpha value is -3.19. The molecule has 7 heteroatoms. The van der Waals surface area contributed by atoms with E-state index in [9.17, 15) is 13.2 Å². The molecule has 4 nitrogen and oxygen atoms in total. The van der Waals surface area contributed by atoms with E-state index in [2.05, 4.69) is 44.1 Å². The van der Waals surface area contributed by atoms with Gasteiger partial charge in [-0.3, -0.25) is 4.90 Å². The van der Waals surface area contributed by atoms with E-state index in [-0.39, 0.29) is 0 Å². The number of benzene rings is 2. The highest BCUT2D eigenvalue weighted by atomic mass is 19.4. The summed E-state index contributed by atoms with van der Waals surface area (Å²) in [4.78, 5) is 14.6. The van der Waals surface area contributed by atoms with Crippen molar-refractivity contribution in [1.29, 1.82) is 0 Å². The van der Waals surface area contributed by atoms with E-state index in [0.29, 0.717) is 17.9 Å². The lowest BCUT2D eigenvalue weighted by Gasteiger charge is -2.28. The Morgan fingerprint density at radius 3 is 2.67 bits per heavy atom. The van der Waals surface area contributed by atoms with E-state index in [1.165, 1.54) is 23.1 Å². The van der Waals surface area contributed by atoms with Crippen molar-refractivity contribution in [1.82, 2.24) is 19.9 Å². The Morgan fingerprint density at radius 2 is 1.87 bits per heavy atom. The number of halogens is 3.